The Morgan fingerprint density at radius 3 is 2.55 bits per heavy atom. The minimum Gasteiger partial charge on any atom is -0.504 e. The van der Waals surface area contributed by atoms with E-state index in [-0.39, 0.29) is 50.1 Å². The minimum atomic E-state index is -1.24. The maximum atomic E-state index is 16.1. The molecular weight excluding hydrogens is 505 g/mol. The number of nitrogens with zero attached hydrogens (tertiary/aromatic N) is 4. The van der Waals surface area contributed by atoms with Crippen LogP contribution in [0.15, 0.2) is 24.8 Å². The number of fused-ring (bicyclic) bond motifs is 2. The van der Waals surface area contributed by atoms with Gasteiger partial charge in [-0.3, -0.25) is 9.59 Å². The number of piperazine rings is 1. The number of anilines is 1. The largest absolute Gasteiger partial charge is 0.504 e. The van der Waals surface area contributed by atoms with Gasteiger partial charge in [0.05, 0.1) is 17.7 Å². The number of aliphatic hydroxyl groups excluding tert-OH is 1. The summed E-state index contributed by atoms with van der Waals surface area (Å²) in [6.45, 7) is 7.41. The van der Waals surface area contributed by atoms with Crippen LogP contribution in [0.25, 0.3) is 11.3 Å². The number of pyridine rings is 1. The number of phenolic OH excluding ortho intramolecular Hbond substituents is 1. The summed E-state index contributed by atoms with van der Waals surface area (Å²) in [5.41, 5.74) is -2.53. The maximum absolute atomic E-state index is 16.1. The number of halogens is 3. The second-order valence-electron chi connectivity index (χ2n) is 10.3. The molecule has 3 aliphatic rings. The zero-order valence-electron chi connectivity index (χ0n) is 20.9. The van der Waals surface area contributed by atoms with Crippen LogP contribution in [0, 0.1) is 17.5 Å². The van der Waals surface area contributed by atoms with E-state index in [1.54, 1.807) is 18.7 Å². The fourth-order valence-corrected chi connectivity index (χ4v) is 5.49. The number of ether oxygens (including phenoxy) is 1. The minimum absolute atomic E-state index is 0.0352. The maximum Gasteiger partial charge on any atom is 0.262 e. The number of β-amino-alcohol motifs (C(OH)–C–C–N with tert-alkyl or cyclic N) is 1. The molecule has 0 radical (unpaired) electrons. The Bertz CT molecular complexity index is 1350. The highest BCUT2D eigenvalue weighted by Gasteiger charge is 2.45. The molecule has 0 bridgehead atoms. The molecular formula is C26H27F3N4O5. The lowest BCUT2D eigenvalue weighted by molar-refractivity contribution is -0.128. The number of aromatic hydroxyl groups is 1. The Hall–Kier alpha value is -3.80. The molecule has 2 N–H and O–H groups in total. The van der Waals surface area contributed by atoms with Crippen LogP contribution in [0.5, 0.6) is 11.5 Å². The Labute approximate surface area is 216 Å². The number of rotatable bonds is 3. The molecule has 3 aliphatic heterocycles. The van der Waals surface area contributed by atoms with Crippen molar-refractivity contribution in [1.82, 2.24) is 14.8 Å². The lowest BCUT2D eigenvalue weighted by Gasteiger charge is -2.40. The van der Waals surface area contributed by atoms with Crippen LogP contribution >= 0.6 is 0 Å². The average Bonchev–Trinajstić information content (AvgIpc) is 3.06. The van der Waals surface area contributed by atoms with Crippen molar-refractivity contribution in [2.45, 2.75) is 38.0 Å². The van der Waals surface area contributed by atoms with E-state index in [1.165, 1.54) is 15.9 Å². The van der Waals surface area contributed by atoms with Gasteiger partial charge in [0.1, 0.15) is 29.5 Å². The molecule has 1 aromatic heterocycles. The zero-order chi connectivity index (χ0) is 27.5. The first kappa shape index (κ1) is 25.8. The average molecular weight is 533 g/mol. The summed E-state index contributed by atoms with van der Waals surface area (Å²) in [7, 11) is 0. The van der Waals surface area contributed by atoms with Gasteiger partial charge in [-0.05, 0) is 38.5 Å². The van der Waals surface area contributed by atoms with E-state index < -0.39 is 63.8 Å². The van der Waals surface area contributed by atoms with Gasteiger partial charge in [0.25, 0.3) is 5.91 Å². The van der Waals surface area contributed by atoms with Crippen LogP contribution in [0.1, 0.15) is 30.6 Å². The van der Waals surface area contributed by atoms with Crippen molar-refractivity contribution in [2.24, 2.45) is 0 Å². The van der Waals surface area contributed by atoms with E-state index in [9.17, 15) is 28.6 Å². The number of aromatic nitrogens is 1. The van der Waals surface area contributed by atoms with Gasteiger partial charge >= 0.3 is 0 Å². The standard InChI is InChI=1S/C26H27F3N4O5/c1-4-17(35)31-7-8-32-13(10-31)12-38-23-19(25(32)37)24(33-11-14(34)9-26(33,2)3)30-21(20(23)29)18-15(27)5-6-16(28)22(18)36/h4-6,13-14,34,36H,1,7-12H2,2-3H3/t13-,14-/m1/s1. The number of hydrogen-bond donors (Lipinski definition) is 2. The van der Waals surface area contributed by atoms with Crippen LogP contribution in [0.3, 0.4) is 0 Å². The molecule has 12 heteroatoms. The summed E-state index contributed by atoms with van der Waals surface area (Å²) < 4.78 is 50.9. The smallest absolute Gasteiger partial charge is 0.262 e. The molecule has 0 unspecified atom stereocenters. The third kappa shape index (κ3) is 4.03. The third-order valence-corrected chi connectivity index (χ3v) is 7.37. The van der Waals surface area contributed by atoms with Crippen molar-refractivity contribution in [1.29, 1.82) is 0 Å². The number of carbonyl (C=O) groups is 2. The number of hydrogen-bond acceptors (Lipinski definition) is 7. The van der Waals surface area contributed by atoms with Crippen molar-refractivity contribution >= 4 is 17.6 Å². The van der Waals surface area contributed by atoms with Crippen molar-refractivity contribution in [3.05, 3.63) is 47.8 Å². The van der Waals surface area contributed by atoms with Gasteiger partial charge in [-0.15, -0.1) is 0 Å². The SMILES string of the molecule is C=CC(=O)N1CCN2C(=O)c3c(N4C[C@H](O)CC4(C)C)nc(-c4c(F)ccc(F)c4O)c(F)c3OC[C@H]2C1. The van der Waals surface area contributed by atoms with Gasteiger partial charge in [0, 0.05) is 31.7 Å². The Morgan fingerprint density at radius 2 is 1.89 bits per heavy atom. The van der Waals surface area contributed by atoms with E-state index in [1.807, 2.05) is 0 Å². The van der Waals surface area contributed by atoms with Crippen molar-refractivity contribution < 1.29 is 37.7 Å². The van der Waals surface area contributed by atoms with Gasteiger partial charge in [0.15, 0.2) is 23.1 Å². The van der Waals surface area contributed by atoms with E-state index in [0.717, 1.165) is 6.07 Å². The Kier molecular flexibility index (Phi) is 6.25. The third-order valence-electron chi connectivity index (χ3n) is 7.37. The normalized spacial score (nSPS) is 22.5. The highest BCUT2D eigenvalue weighted by Crippen LogP contribution is 2.45. The van der Waals surface area contributed by atoms with Crippen molar-refractivity contribution in [3.63, 3.8) is 0 Å². The molecule has 0 saturated carbocycles. The number of carbonyl (C=O) groups excluding carboxylic acids is 2. The van der Waals surface area contributed by atoms with Crippen LogP contribution in [-0.4, -0.2) is 87.3 Å². The van der Waals surface area contributed by atoms with E-state index >= 15 is 4.39 Å². The summed E-state index contributed by atoms with van der Waals surface area (Å²) in [6.07, 6.45) is 0.673. The number of aliphatic hydroxyl groups is 1. The second kappa shape index (κ2) is 9.19. The van der Waals surface area contributed by atoms with Gasteiger partial charge in [-0.25, -0.2) is 18.2 Å². The predicted octanol–water partition coefficient (Wildman–Crippen LogP) is 2.45. The molecule has 9 nitrogen and oxygen atoms in total. The molecule has 38 heavy (non-hydrogen) atoms. The Morgan fingerprint density at radius 1 is 1.18 bits per heavy atom. The van der Waals surface area contributed by atoms with E-state index in [4.69, 9.17) is 4.74 Å². The second-order valence-corrected chi connectivity index (χ2v) is 10.3. The molecule has 2 saturated heterocycles. The first-order valence-corrected chi connectivity index (χ1v) is 12.2. The first-order valence-electron chi connectivity index (χ1n) is 12.2. The topological polar surface area (TPSA) is 106 Å². The molecule has 0 spiro atoms. The highest BCUT2D eigenvalue weighted by atomic mass is 19.1. The highest BCUT2D eigenvalue weighted by molar-refractivity contribution is 6.03. The summed E-state index contributed by atoms with van der Waals surface area (Å²) in [5.74, 6) is -6.23. The lowest BCUT2D eigenvalue weighted by atomic mass is 9.99. The molecule has 5 rings (SSSR count). The van der Waals surface area contributed by atoms with Crippen molar-refractivity contribution in [3.8, 4) is 22.8 Å². The fourth-order valence-electron chi connectivity index (χ4n) is 5.49. The molecule has 2 atom stereocenters. The van der Waals surface area contributed by atoms with Crippen LogP contribution in [0.2, 0.25) is 0 Å². The van der Waals surface area contributed by atoms with Crippen molar-refractivity contribution in [2.75, 3.05) is 37.7 Å². The van der Waals surface area contributed by atoms with Crippen LogP contribution in [0.4, 0.5) is 19.0 Å². The monoisotopic (exact) mass is 532 g/mol. The molecule has 1 aromatic carbocycles. The molecule has 202 valence electrons. The van der Waals surface area contributed by atoms with Crippen LogP contribution < -0.4 is 9.64 Å². The quantitative estimate of drug-likeness (QED) is 0.585. The van der Waals surface area contributed by atoms with Gasteiger partial charge in [-0.1, -0.05) is 6.58 Å². The van der Waals surface area contributed by atoms with E-state index in [2.05, 4.69) is 11.6 Å². The van der Waals surface area contributed by atoms with Crippen LogP contribution in [-0.2, 0) is 4.79 Å². The zero-order valence-corrected chi connectivity index (χ0v) is 20.9. The molecule has 4 heterocycles. The summed E-state index contributed by atoms with van der Waals surface area (Å²) in [4.78, 5) is 35.0. The van der Waals surface area contributed by atoms with Gasteiger partial charge in [0.2, 0.25) is 5.91 Å². The van der Waals surface area contributed by atoms with E-state index in [0.29, 0.717) is 12.5 Å². The molecule has 0 aliphatic carbocycles. The first-order chi connectivity index (χ1) is 17.9. The number of benzene rings is 1. The van der Waals surface area contributed by atoms with Gasteiger partial charge < -0.3 is 29.6 Å². The summed E-state index contributed by atoms with van der Waals surface area (Å²) in [6, 6.07) is 0.808. The van der Waals surface area contributed by atoms with Gasteiger partial charge in [-0.2, -0.15) is 0 Å². The summed E-state index contributed by atoms with van der Waals surface area (Å²) >= 11 is 0. The summed E-state index contributed by atoms with van der Waals surface area (Å²) in [5, 5.41) is 20.7. The number of phenols is 1. The fraction of sp³-hybridized carbons (Fsp3) is 0.423. The molecule has 2 fully saturated rings. The lowest BCUT2D eigenvalue weighted by Crippen LogP contribution is -2.57. The predicted molar refractivity (Wildman–Crippen MR) is 130 cm³/mol. The number of amides is 2. The Balaban J connectivity index is 1.71. The molecule has 2 aromatic rings. The molecule has 2 amide bonds.